The maximum absolute atomic E-state index is 11.5. The lowest BCUT2D eigenvalue weighted by atomic mass is 10.2. The van der Waals surface area contributed by atoms with Crippen molar-refractivity contribution < 1.29 is 23.9 Å². The van der Waals surface area contributed by atoms with Crippen LogP contribution >= 0.6 is 0 Å². The van der Waals surface area contributed by atoms with E-state index in [0.717, 1.165) is 6.42 Å². The zero-order valence-corrected chi connectivity index (χ0v) is 11.9. The molecule has 2 N–H and O–H groups in total. The van der Waals surface area contributed by atoms with Crippen molar-refractivity contribution in [1.82, 2.24) is 4.90 Å². The van der Waals surface area contributed by atoms with Gasteiger partial charge in [0.25, 0.3) is 0 Å². The van der Waals surface area contributed by atoms with E-state index in [9.17, 15) is 14.4 Å². The van der Waals surface area contributed by atoms with Crippen molar-refractivity contribution in [3.8, 4) is 0 Å². The minimum Gasteiger partial charge on any atom is -0.452 e. The Hall–Kier alpha value is -1.63. The van der Waals surface area contributed by atoms with E-state index < -0.39 is 23.6 Å². The van der Waals surface area contributed by atoms with Gasteiger partial charge in [-0.3, -0.25) is 0 Å². The minimum atomic E-state index is -1.31. The lowest BCUT2D eigenvalue weighted by molar-refractivity contribution is -0.171. The highest BCUT2D eigenvalue weighted by atomic mass is 16.6. The normalized spacial score (nSPS) is 10.8. The molecule has 0 radical (unpaired) electrons. The highest BCUT2D eigenvalue weighted by Gasteiger charge is 2.27. The first-order valence-electron chi connectivity index (χ1n) is 6.07. The van der Waals surface area contributed by atoms with Crippen LogP contribution in [-0.4, -0.2) is 48.7 Å². The number of carbonyl (C=O) groups excluding carboxylic acids is 3. The number of nitrogens with zero attached hydrogens (tertiary/aromatic N) is 1. The summed E-state index contributed by atoms with van der Waals surface area (Å²) >= 11 is 0. The van der Waals surface area contributed by atoms with Crippen LogP contribution in [0.25, 0.3) is 0 Å². The number of carbonyl (C=O) groups is 3. The third kappa shape index (κ3) is 8.15. The second-order valence-electron chi connectivity index (χ2n) is 5.07. The molecule has 0 spiro atoms. The number of nitrogens with two attached hydrogens (primary N) is 1. The molecule has 0 aliphatic heterocycles. The number of rotatable bonds is 4. The molecule has 110 valence electrons. The van der Waals surface area contributed by atoms with Crippen molar-refractivity contribution in [3.63, 3.8) is 0 Å². The second-order valence-corrected chi connectivity index (χ2v) is 5.07. The number of hydrogen-bond acceptors (Lipinski definition) is 6. The Bertz CT molecular complexity index is 336. The lowest BCUT2D eigenvalue weighted by Crippen LogP contribution is -2.35. The predicted molar refractivity (Wildman–Crippen MR) is 68.3 cm³/mol. The van der Waals surface area contributed by atoms with Crippen LogP contribution in [0.4, 0.5) is 4.79 Å². The van der Waals surface area contributed by atoms with Gasteiger partial charge in [-0.15, -0.1) is 0 Å². The Morgan fingerprint density at radius 3 is 2.16 bits per heavy atom. The molecule has 0 rings (SSSR count). The Morgan fingerprint density at radius 1 is 1.11 bits per heavy atom. The number of unbranched alkanes of at least 4 members (excludes halogenated alkanes) is 1. The molecule has 0 atom stereocenters. The molecule has 0 saturated carbocycles. The average molecular weight is 274 g/mol. The predicted octanol–water partition coefficient (Wildman–Crippen LogP) is 0.662. The molecule has 0 heterocycles. The van der Waals surface area contributed by atoms with E-state index in [4.69, 9.17) is 10.5 Å². The second kappa shape index (κ2) is 7.73. The Labute approximate surface area is 113 Å². The van der Waals surface area contributed by atoms with Gasteiger partial charge in [-0.25, -0.2) is 14.4 Å². The van der Waals surface area contributed by atoms with E-state index in [1.165, 1.54) is 11.9 Å². The number of ether oxygens (including phenoxy) is 2. The van der Waals surface area contributed by atoms with Gasteiger partial charge in [0.1, 0.15) is 5.60 Å². The third-order valence-electron chi connectivity index (χ3n) is 2.00. The van der Waals surface area contributed by atoms with E-state index in [1.807, 2.05) is 0 Å². The fourth-order valence-electron chi connectivity index (χ4n) is 1.10. The SMILES string of the molecule is CN(CCCCN)C(=O)OC(=O)C(=O)OC(C)(C)C. The zero-order valence-electron chi connectivity index (χ0n) is 11.9. The number of esters is 2. The van der Waals surface area contributed by atoms with Gasteiger partial charge in [0.15, 0.2) is 0 Å². The zero-order chi connectivity index (χ0) is 15.1. The molecule has 0 aromatic rings. The summed E-state index contributed by atoms with van der Waals surface area (Å²) < 4.78 is 9.17. The summed E-state index contributed by atoms with van der Waals surface area (Å²) in [7, 11) is 1.47. The number of amides is 1. The molecule has 0 saturated heterocycles. The van der Waals surface area contributed by atoms with Crippen LogP contribution in [0.15, 0.2) is 0 Å². The first kappa shape index (κ1) is 17.4. The molecule has 0 aromatic heterocycles. The van der Waals surface area contributed by atoms with Crippen molar-refractivity contribution in [2.75, 3.05) is 20.1 Å². The summed E-state index contributed by atoms with van der Waals surface area (Å²) in [5.74, 6) is -2.50. The minimum absolute atomic E-state index is 0.400. The lowest BCUT2D eigenvalue weighted by Gasteiger charge is -2.19. The van der Waals surface area contributed by atoms with E-state index in [-0.39, 0.29) is 0 Å². The van der Waals surface area contributed by atoms with E-state index >= 15 is 0 Å². The van der Waals surface area contributed by atoms with Crippen LogP contribution in [-0.2, 0) is 19.1 Å². The van der Waals surface area contributed by atoms with Gasteiger partial charge < -0.3 is 20.1 Å². The van der Waals surface area contributed by atoms with E-state index in [1.54, 1.807) is 20.8 Å². The monoisotopic (exact) mass is 274 g/mol. The van der Waals surface area contributed by atoms with Crippen LogP contribution in [0.5, 0.6) is 0 Å². The summed E-state index contributed by atoms with van der Waals surface area (Å²) in [6, 6.07) is 0. The maximum atomic E-state index is 11.5. The molecule has 7 heteroatoms. The Morgan fingerprint density at radius 2 is 1.68 bits per heavy atom. The van der Waals surface area contributed by atoms with Crippen molar-refractivity contribution >= 4 is 18.0 Å². The van der Waals surface area contributed by atoms with E-state index in [0.29, 0.717) is 19.5 Å². The summed E-state index contributed by atoms with van der Waals surface area (Å²) in [4.78, 5) is 35.3. The quantitative estimate of drug-likeness (QED) is 0.350. The molecular formula is C12H22N2O5. The van der Waals surface area contributed by atoms with Crippen LogP contribution in [0.3, 0.4) is 0 Å². The van der Waals surface area contributed by atoms with Gasteiger partial charge in [-0.05, 0) is 40.2 Å². The first-order chi connectivity index (χ1) is 8.67. The van der Waals surface area contributed by atoms with Crippen molar-refractivity contribution in [2.45, 2.75) is 39.2 Å². The highest BCUT2D eigenvalue weighted by Crippen LogP contribution is 2.07. The molecule has 0 bridgehead atoms. The van der Waals surface area contributed by atoms with Crippen LogP contribution in [0.1, 0.15) is 33.6 Å². The van der Waals surface area contributed by atoms with E-state index in [2.05, 4.69) is 4.74 Å². The fraction of sp³-hybridized carbons (Fsp3) is 0.750. The standard InChI is InChI=1S/C12H22N2O5/c1-12(2,3)19-10(16)9(15)18-11(17)14(4)8-6-5-7-13/h5-8,13H2,1-4H3. The van der Waals surface area contributed by atoms with Gasteiger partial charge >= 0.3 is 18.0 Å². The fourth-order valence-corrected chi connectivity index (χ4v) is 1.10. The maximum Gasteiger partial charge on any atom is 0.426 e. The molecule has 0 aliphatic carbocycles. The molecular weight excluding hydrogens is 252 g/mol. The first-order valence-corrected chi connectivity index (χ1v) is 6.07. The molecule has 0 fully saturated rings. The summed E-state index contributed by atoms with van der Waals surface area (Å²) in [5.41, 5.74) is 4.51. The molecule has 0 unspecified atom stereocenters. The molecule has 0 aliphatic rings. The smallest absolute Gasteiger partial charge is 0.426 e. The number of hydrogen-bond donors (Lipinski definition) is 1. The van der Waals surface area contributed by atoms with Crippen LogP contribution < -0.4 is 5.73 Å². The summed E-state index contributed by atoms with van der Waals surface area (Å²) in [6.07, 6.45) is 0.577. The Kier molecular flexibility index (Phi) is 7.06. The molecule has 19 heavy (non-hydrogen) atoms. The topological polar surface area (TPSA) is 98.9 Å². The Balaban J connectivity index is 4.18. The van der Waals surface area contributed by atoms with Gasteiger partial charge in [0.2, 0.25) is 0 Å². The molecule has 1 amide bonds. The van der Waals surface area contributed by atoms with Crippen molar-refractivity contribution in [3.05, 3.63) is 0 Å². The highest BCUT2D eigenvalue weighted by molar-refractivity contribution is 6.31. The third-order valence-corrected chi connectivity index (χ3v) is 2.00. The van der Waals surface area contributed by atoms with Crippen LogP contribution in [0, 0.1) is 0 Å². The molecule has 0 aromatic carbocycles. The van der Waals surface area contributed by atoms with Crippen LogP contribution in [0.2, 0.25) is 0 Å². The average Bonchev–Trinajstić information content (AvgIpc) is 2.26. The molecule has 7 nitrogen and oxygen atoms in total. The van der Waals surface area contributed by atoms with Gasteiger partial charge in [-0.1, -0.05) is 0 Å². The van der Waals surface area contributed by atoms with Gasteiger partial charge in [0.05, 0.1) is 0 Å². The van der Waals surface area contributed by atoms with Gasteiger partial charge in [-0.2, -0.15) is 0 Å². The largest absolute Gasteiger partial charge is 0.452 e. The van der Waals surface area contributed by atoms with Gasteiger partial charge in [0, 0.05) is 13.6 Å². The van der Waals surface area contributed by atoms with Crippen molar-refractivity contribution in [2.24, 2.45) is 5.73 Å². The van der Waals surface area contributed by atoms with Crippen molar-refractivity contribution in [1.29, 1.82) is 0 Å². The summed E-state index contributed by atoms with van der Waals surface area (Å²) in [6.45, 7) is 5.76. The summed E-state index contributed by atoms with van der Waals surface area (Å²) in [5, 5.41) is 0.